The third kappa shape index (κ3) is 3.87. The number of aliphatic hydroxyl groups excluding tert-OH is 1. The van der Waals surface area contributed by atoms with Crippen molar-refractivity contribution in [3.05, 3.63) is 16.4 Å². The van der Waals surface area contributed by atoms with Crippen LogP contribution in [0, 0.1) is 0 Å². The summed E-state index contributed by atoms with van der Waals surface area (Å²) in [5, 5.41) is 15.0. The van der Waals surface area contributed by atoms with Gasteiger partial charge in [0.15, 0.2) is 0 Å². The molecular formula is C12H20Cl2N2O. The largest absolute Gasteiger partial charge is 0.393 e. The van der Waals surface area contributed by atoms with Crippen molar-refractivity contribution in [1.29, 1.82) is 0 Å². The maximum Gasteiger partial charge on any atom is 0.0850 e. The first-order chi connectivity index (χ1) is 8.13. The molecule has 0 spiro atoms. The molecule has 0 fully saturated rings. The highest BCUT2D eigenvalue weighted by Crippen LogP contribution is 2.23. The highest BCUT2D eigenvalue weighted by atomic mass is 35.5. The monoisotopic (exact) mass is 278 g/mol. The minimum atomic E-state index is -0.391. The van der Waals surface area contributed by atoms with Crippen LogP contribution in [0.4, 0.5) is 0 Å². The van der Waals surface area contributed by atoms with Crippen LogP contribution in [0.1, 0.15) is 38.1 Å². The highest BCUT2D eigenvalue weighted by molar-refractivity contribution is 6.31. The van der Waals surface area contributed by atoms with E-state index < -0.39 is 6.10 Å². The van der Waals surface area contributed by atoms with Crippen LogP contribution < -0.4 is 0 Å². The number of rotatable bonds is 7. The Morgan fingerprint density at radius 1 is 1.41 bits per heavy atom. The Balaban J connectivity index is 2.78. The van der Waals surface area contributed by atoms with Gasteiger partial charge in [0.25, 0.3) is 0 Å². The van der Waals surface area contributed by atoms with Gasteiger partial charge in [0.2, 0.25) is 0 Å². The Kier molecular flexibility index (Phi) is 6.31. The fourth-order valence-corrected chi connectivity index (χ4v) is 2.35. The molecular weight excluding hydrogens is 259 g/mol. The molecule has 1 N–H and O–H groups in total. The van der Waals surface area contributed by atoms with Crippen molar-refractivity contribution >= 4 is 23.2 Å². The van der Waals surface area contributed by atoms with Gasteiger partial charge in [-0.1, -0.05) is 18.5 Å². The molecule has 5 heteroatoms. The zero-order valence-electron chi connectivity index (χ0n) is 10.4. The van der Waals surface area contributed by atoms with Gasteiger partial charge in [0, 0.05) is 18.8 Å². The van der Waals surface area contributed by atoms with E-state index in [1.165, 1.54) is 0 Å². The molecule has 1 aromatic rings. The standard InChI is InChI=1S/C12H20Cl2N2O/c1-3-10-12(14)11(16(4-2)15-10)8-9(17)6-5-7-13/h9,17H,3-8H2,1-2H3. The van der Waals surface area contributed by atoms with Crippen molar-refractivity contribution in [3.8, 4) is 0 Å². The molecule has 98 valence electrons. The first-order valence-electron chi connectivity index (χ1n) is 6.12. The summed E-state index contributed by atoms with van der Waals surface area (Å²) in [6.45, 7) is 4.83. The molecule has 1 unspecified atom stereocenters. The fourth-order valence-electron chi connectivity index (χ4n) is 1.85. The molecule has 0 aliphatic carbocycles. The summed E-state index contributed by atoms with van der Waals surface area (Å²) in [4.78, 5) is 0. The van der Waals surface area contributed by atoms with Crippen molar-refractivity contribution in [2.24, 2.45) is 0 Å². The minimum absolute atomic E-state index is 0.391. The van der Waals surface area contributed by atoms with Gasteiger partial charge in [-0.15, -0.1) is 11.6 Å². The zero-order valence-corrected chi connectivity index (χ0v) is 11.9. The van der Waals surface area contributed by atoms with Crippen molar-refractivity contribution in [2.75, 3.05) is 5.88 Å². The third-order valence-corrected chi connectivity index (χ3v) is 3.50. The molecule has 3 nitrogen and oxygen atoms in total. The normalized spacial score (nSPS) is 13.0. The van der Waals surface area contributed by atoms with Crippen molar-refractivity contribution in [2.45, 2.75) is 52.2 Å². The first kappa shape index (κ1) is 14.8. The van der Waals surface area contributed by atoms with Gasteiger partial charge in [0.05, 0.1) is 22.5 Å². The lowest BCUT2D eigenvalue weighted by Crippen LogP contribution is -2.14. The summed E-state index contributed by atoms with van der Waals surface area (Å²) in [7, 11) is 0. The third-order valence-electron chi connectivity index (χ3n) is 2.79. The Morgan fingerprint density at radius 3 is 2.65 bits per heavy atom. The number of halogens is 2. The van der Waals surface area contributed by atoms with E-state index in [0.717, 1.165) is 30.8 Å². The van der Waals surface area contributed by atoms with Crippen LogP contribution in [0.25, 0.3) is 0 Å². The number of alkyl halides is 1. The Labute approximate surface area is 113 Å². The maximum atomic E-state index is 9.90. The van der Waals surface area contributed by atoms with Gasteiger partial charge in [-0.2, -0.15) is 5.10 Å². The molecule has 0 bridgehead atoms. The zero-order chi connectivity index (χ0) is 12.8. The Morgan fingerprint density at radius 2 is 2.12 bits per heavy atom. The number of aryl methyl sites for hydroxylation is 2. The molecule has 1 atom stereocenters. The topological polar surface area (TPSA) is 38.0 Å². The van der Waals surface area contributed by atoms with Crippen LogP contribution in [-0.2, 0) is 19.4 Å². The first-order valence-corrected chi connectivity index (χ1v) is 7.03. The molecule has 1 aromatic heterocycles. The molecule has 0 saturated heterocycles. The highest BCUT2D eigenvalue weighted by Gasteiger charge is 2.17. The smallest absolute Gasteiger partial charge is 0.0850 e. The second-order valence-corrected chi connectivity index (χ2v) is 4.82. The number of aromatic nitrogens is 2. The lowest BCUT2D eigenvalue weighted by Gasteiger charge is -2.11. The molecule has 1 rings (SSSR count). The van der Waals surface area contributed by atoms with Crippen LogP contribution in [0.5, 0.6) is 0 Å². The van der Waals surface area contributed by atoms with Crippen LogP contribution in [0.2, 0.25) is 5.02 Å². The van der Waals surface area contributed by atoms with Gasteiger partial charge >= 0.3 is 0 Å². The van der Waals surface area contributed by atoms with Crippen LogP contribution in [-0.4, -0.2) is 26.9 Å². The van der Waals surface area contributed by atoms with E-state index in [2.05, 4.69) is 5.10 Å². The molecule has 0 amide bonds. The summed E-state index contributed by atoms with van der Waals surface area (Å²) >= 11 is 11.9. The van der Waals surface area contributed by atoms with Gasteiger partial charge in [-0.3, -0.25) is 4.68 Å². The molecule has 0 saturated carbocycles. The minimum Gasteiger partial charge on any atom is -0.393 e. The van der Waals surface area contributed by atoms with Gasteiger partial charge < -0.3 is 5.11 Å². The van der Waals surface area contributed by atoms with Crippen LogP contribution >= 0.6 is 23.2 Å². The second-order valence-electron chi connectivity index (χ2n) is 4.07. The molecule has 0 aliphatic rings. The Hall–Kier alpha value is -0.250. The predicted octanol–water partition coefficient (Wildman–Crippen LogP) is 3.04. The summed E-state index contributed by atoms with van der Waals surface area (Å²) in [6, 6.07) is 0. The van der Waals surface area contributed by atoms with Crippen molar-refractivity contribution < 1.29 is 5.11 Å². The van der Waals surface area contributed by atoms with E-state index in [1.54, 1.807) is 0 Å². The Bertz CT molecular complexity index is 353. The molecule has 1 heterocycles. The number of hydrogen-bond acceptors (Lipinski definition) is 2. The number of hydrogen-bond donors (Lipinski definition) is 1. The van der Waals surface area contributed by atoms with Crippen LogP contribution in [0.15, 0.2) is 0 Å². The van der Waals surface area contributed by atoms with Crippen molar-refractivity contribution in [1.82, 2.24) is 9.78 Å². The molecule has 0 aliphatic heterocycles. The van der Waals surface area contributed by atoms with E-state index in [9.17, 15) is 5.11 Å². The SMILES string of the molecule is CCc1nn(CC)c(CC(O)CCCCl)c1Cl. The number of nitrogens with zero attached hydrogens (tertiary/aromatic N) is 2. The van der Waals surface area contributed by atoms with E-state index in [1.807, 2.05) is 18.5 Å². The van der Waals surface area contributed by atoms with E-state index in [-0.39, 0.29) is 0 Å². The fraction of sp³-hybridized carbons (Fsp3) is 0.750. The maximum absolute atomic E-state index is 9.90. The van der Waals surface area contributed by atoms with Gasteiger partial charge in [-0.25, -0.2) is 0 Å². The van der Waals surface area contributed by atoms with E-state index >= 15 is 0 Å². The second kappa shape index (κ2) is 7.24. The average Bonchev–Trinajstić information content (AvgIpc) is 2.63. The average molecular weight is 279 g/mol. The lowest BCUT2D eigenvalue weighted by atomic mass is 10.1. The summed E-state index contributed by atoms with van der Waals surface area (Å²) in [5.74, 6) is 0.581. The lowest BCUT2D eigenvalue weighted by molar-refractivity contribution is 0.161. The number of aliphatic hydroxyl groups is 1. The molecule has 17 heavy (non-hydrogen) atoms. The predicted molar refractivity (Wildman–Crippen MR) is 72.0 cm³/mol. The van der Waals surface area contributed by atoms with Crippen molar-refractivity contribution in [3.63, 3.8) is 0 Å². The quantitative estimate of drug-likeness (QED) is 0.779. The summed E-state index contributed by atoms with van der Waals surface area (Å²) in [6.07, 6.45) is 2.50. The molecule has 0 aromatic carbocycles. The summed E-state index contributed by atoms with van der Waals surface area (Å²) < 4.78 is 1.88. The van der Waals surface area contributed by atoms with E-state index in [0.29, 0.717) is 23.7 Å². The van der Waals surface area contributed by atoms with E-state index in [4.69, 9.17) is 23.2 Å². The van der Waals surface area contributed by atoms with Gasteiger partial charge in [-0.05, 0) is 26.2 Å². The van der Waals surface area contributed by atoms with Crippen LogP contribution in [0.3, 0.4) is 0 Å². The molecule has 0 radical (unpaired) electrons. The van der Waals surface area contributed by atoms with Gasteiger partial charge in [0.1, 0.15) is 0 Å². The summed E-state index contributed by atoms with van der Waals surface area (Å²) in [5.41, 5.74) is 1.85.